The third-order valence-electron chi connectivity index (χ3n) is 3.21. The van der Waals surface area contributed by atoms with Crippen molar-refractivity contribution in [3.05, 3.63) is 12.2 Å². The lowest BCUT2D eigenvalue weighted by Crippen LogP contribution is -2.30. The second-order valence-electron chi connectivity index (χ2n) is 6.24. The van der Waals surface area contributed by atoms with Gasteiger partial charge in [-0.1, -0.05) is 25.7 Å². The average molecular weight is 281 g/mol. The molecule has 0 bridgehead atoms. The maximum atomic E-state index is 11.3. The van der Waals surface area contributed by atoms with Gasteiger partial charge < -0.3 is 4.74 Å². The number of ether oxygens (including phenoxy) is 1. The molecule has 1 aliphatic rings. The highest BCUT2D eigenvalue weighted by molar-refractivity contribution is 6.12. The molecule has 0 fully saturated rings. The molecule has 4 heteroatoms. The maximum absolute atomic E-state index is 11.3. The van der Waals surface area contributed by atoms with E-state index in [9.17, 15) is 9.59 Å². The van der Waals surface area contributed by atoms with E-state index in [4.69, 9.17) is 4.74 Å². The fraction of sp³-hybridized carbons (Fsp3) is 0.750. The number of hydrogen-bond donors (Lipinski definition) is 0. The van der Waals surface area contributed by atoms with Crippen molar-refractivity contribution in [1.29, 1.82) is 0 Å². The molecule has 0 N–H and O–H groups in total. The standard InChI is InChI=1S/C16H27NO3/c1-16(2,3)20-13-9-7-5-4-6-8-12-17-14(18)10-11-15(17)19/h10-11H,4-9,12-13H2,1-3H3. The minimum absolute atomic E-state index is 0.0389. The van der Waals surface area contributed by atoms with Crippen molar-refractivity contribution in [2.24, 2.45) is 0 Å². The Bertz CT molecular complexity index is 337. The van der Waals surface area contributed by atoms with E-state index in [1.54, 1.807) is 0 Å². The van der Waals surface area contributed by atoms with E-state index >= 15 is 0 Å². The molecule has 114 valence electrons. The summed E-state index contributed by atoms with van der Waals surface area (Å²) in [6.45, 7) is 7.60. The summed E-state index contributed by atoms with van der Waals surface area (Å²) >= 11 is 0. The second kappa shape index (κ2) is 8.20. The van der Waals surface area contributed by atoms with Crippen molar-refractivity contribution in [3.8, 4) is 0 Å². The highest BCUT2D eigenvalue weighted by Gasteiger charge is 2.21. The van der Waals surface area contributed by atoms with Crippen LogP contribution < -0.4 is 0 Å². The maximum Gasteiger partial charge on any atom is 0.253 e. The van der Waals surface area contributed by atoms with Crippen molar-refractivity contribution in [3.63, 3.8) is 0 Å². The summed E-state index contributed by atoms with van der Waals surface area (Å²) in [5.41, 5.74) is -0.0389. The number of amides is 2. The van der Waals surface area contributed by atoms with Crippen LogP contribution in [-0.4, -0.2) is 35.5 Å². The van der Waals surface area contributed by atoms with Gasteiger partial charge in [0, 0.05) is 25.3 Å². The van der Waals surface area contributed by atoms with E-state index < -0.39 is 0 Å². The third-order valence-corrected chi connectivity index (χ3v) is 3.21. The second-order valence-corrected chi connectivity index (χ2v) is 6.24. The Morgan fingerprint density at radius 3 is 1.95 bits per heavy atom. The summed E-state index contributed by atoms with van der Waals surface area (Å²) in [5, 5.41) is 0. The van der Waals surface area contributed by atoms with E-state index in [0.29, 0.717) is 6.54 Å². The van der Waals surface area contributed by atoms with E-state index in [-0.39, 0.29) is 17.4 Å². The minimum atomic E-state index is -0.172. The smallest absolute Gasteiger partial charge is 0.253 e. The zero-order valence-electron chi connectivity index (χ0n) is 13.0. The van der Waals surface area contributed by atoms with Gasteiger partial charge in [-0.05, 0) is 33.6 Å². The minimum Gasteiger partial charge on any atom is -0.376 e. The molecule has 0 saturated carbocycles. The van der Waals surface area contributed by atoms with Gasteiger partial charge in [-0.3, -0.25) is 14.5 Å². The summed E-state index contributed by atoms with van der Waals surface area (Å²) in [7, 11) is 0. The molecular formula is C16H27NO3. The molecule has 0 saturated heterocycles. The average Bonchev–Trinajstić information content (AvgIpc) is 2.66. The zero-order chi connectivity index (χ0) is 15.0. The van der Waals surface area contributed by atoms with Crippen molar-refractivity contribution in [1.82, 2.24) is 4.90 Å². The van der Waals surface area contributed by atoms with Crippen molar-refractivity contribution in [2.75, 3.05) is 13.2 Å². The third kappa shape index (κ3) is 6.85. The molecule has 1 rings (SSSR count). The lowest BCUT2D eigenvalue weighted by Gasteiger charge is -2.19. The van der Waals surface area contributed by atoms with Crippen LogP contribution in [0.25, 0.3) is 0 Å². The summed E-state index contributed by atoms with van der Waals surface area (Å²) in [6, 6.07) is 0. The van der Waals surface area contributed by atoms with Gasteiger partial charge in [0.05, 0.1) is 5.60 Å². The molecular weight excluding hydrogens is 254 g/mol. The van der Waals surface area contributed by atoms with Gasteiger partial charge in [-0.2, -0.15) is 0 Å². The van der Waals surface area contributed by atoms with Gasteiger partial charge in [0.25, 0.3) is 11.8 Å². The summed E-state index contributed by atoms with van der Waals surface area (Å²) in [5.74, 6) is -0.344. The Balaban J connectivity index is 1.91. The van der Waals surface area contributed by atoms with E-state index in [0.717, 1.165) is 32.3 Å². The molecule has 0 aromatic carbocycles. The number of rotatable bonds is 9. The van der Waals surface area contributed by atoms with Crippen molar-refractivity contribution < 1.29 is 14.3 Å². The molecule has 1 heterocycles. The molecule has 0 unspecified atom stereocenters. The molecule has 0 aromatic rings. The van der Waals surface area contributed by atoms with E-state index in [1.807, 2.05) is 0 Å². The molecule has 0 radical (unpaired) electrons. The predicted octanol–water partition coefficient (Wildman–Crippen LogP) is 3.07. The largest absolute Gasteiger partial charge is 0.376 e. The highest BCUT2D eigenvalue weighted by atomic mass is 16.5. The number of unbranched alkanes of at least 4 members (excludes halogenated alkanes) is 5. The first-order chi connectivity index (χ1) is 9.40. The van der Waals surface area contributed by atoms with Crippen LogP contribution in [0.1, 0.15) is 59.3 Å². The predicted molar refractivity (Wildman–Crippen MR) is 79.3 cm³/mol. The Labute approximate surface area is 122 Å². The fourth-order valence-corrected chi connectivity index (χ4v) is 2.11. The van der Waals surface area contributed by atoms with Crippen LogP contribution in [-0.2, 0) is 14.3 Å². The number of imide groups is 1. The molecule has 20 heavy (non-hydrogen) atoms. The normalized spacial score (nSPS) is 15.4. The quantitative estimate of drug-likeness (QED) is 0.482. The van der Waals surface area contributed by atoms with Gasteiger partial charge in [-0.15, -0.1) is 0 Å². The number of carbonyl (C=O) groups is 2. The number of carbonyl (C=O) groups excluding carboxylic acids is 2. The monoisotopic (exact) mass is 281 g/mol. The van der Waals surface area contributed by atoms with E-state index in [2.05, 4.69) is 20.8 Å². The molecule has 0 spiro atoms. The highest BCUT2D eigenvalue weighted by Crippen LogP contribution is 2.11. The van der Waals surface area contributed by atoms with Gasteiger partial charge in [0.2, 0.25) is 0 Å². The molecule has 0 aliphatic carbocycles. The molecule has 1 aliphatic heterocycles. The van der Waals surface area contributed by atoms with Crippen LogP contribution in [0, 0.1) is 0 Å². The summed E-state index contributed by atoms with van der Waals surface area (Å²) < 4.78 is 5.66. The molecule has 0 aromatic heterocycles. The van der Waals surface area contributed by atoms with Gasteiger partial charge >= 0.3 is 0 Å². The molecule has 0 atom stereocenters. The van der Waals surface area contributed by atoms with Crippen LogP contribution in [0.2, 0.25) is 0 Å². The van der Waals surface area contributed by atoms with Gasteiger partial charge in [0.1, 0.15) is 0 Å². The Kier molecular flexibility index (Phi) is 6.93. The lowest BCUT2D eigenvalue weighted by molar-refractivity contribution is -0.136. The Morgan fingerprint density at radius 2 is 1.40 bits per heavy atom. The Hall–Kier alpha value is -1.16. The summed E-state index contributed by atoms with van der Waals surface area (Å²) in [6.07, 6.45) is 9.28. The van der Waals surface area contributed by atoms with Gasteiger partial charge in [-0.25, -0.2) is 0 Å². The topological polar surface area (TPSA) is 46.6 Å². The Morgan fingerprint density at radius 1 is 0.900 bits per heavy atom. The van der Waals surface area contributed by atoms with Crippen LogP contribution in [0.4, 0.5) is 0 Å². The zero-order valence-corrected chi connectivity index (χ0v) is 13.0. The first-order valence-corrected chi connectivity index (χ1v) is 7.58. The van der Waals surface area contributed by atoms with Crippen molar-refractivity contribution in [2.45, 2.75) is 64.9 Å². The van der Waals surface area contributed by atoms with Crippen molar-refractivity contribution >= 4 is 11.8 Å². The number of hydrogen-bond acceptors (Lipinski definition) is 3. The molecule has 4 nitrogen and oxygen atoms in total. The fourth-order valence-electron chi connectivity index (χ4n) is 2.11. The number of nitrogens with zero attached hydrogens (tertiary/aromatic N) is 1. The molecule has 2 amide bonds. The van der Waals surface area contributed by atoms with Gasteiger partial charge in [0.15, 0.2) is 0 Å². The SMILES string of the molecule is CC(C)(C)OCCCCCCCCN1C(=O)C=CC1=O. The first kappa shape index (κ1) is 16.9. The van der Waals surface area contributed by atoms with Crippen LogP contribution in [0.15, 0.2) is 12.2 Å². The lowest BCUT2D eigenvalue weighted by atomic mass is 10.1. The first-order valence-electron chi connectivity index (χ1n) is 7.58. The van der Waals surface area contributed by atoms with Crippen LogP contribution >= 0.6 is 0 Å². The summed E-state index contributed by atoms with van der Waals surface area (Å²) in [4.78, 5) is 23.9. The van der Waals surface area contributed by atoms with Crippen LogP contribution in [0.3, 0.4) is 0 Å². The van der Waals surface area contributed by atoms with E-state index in [1.165, 1.54) is 29.9 Å². The van der Waals surface area contributed by atoms with Crippen LogP contribution in [0.5, 0.6) is 0 Å².